The maximum atomic E-state index is 12.3. The smallest absolute Gasteiger partial charge is 0.253 e. The van der Waals surface area contributed by atoms with Gasteiger partial charge in [-0.05, 0) is 52.8 Å². The lowest BCUT2D eigenvalue weighted by Crippen LogP contribution is -2.43. The summed E-state index contributed by atoms with van der Waals surface area (Å²) in [6.07, 6.45) is 0. The van der Waals surface area contributed by atoms with Gasteiger partial charge in [-0.2, -0.15) is 0 Å². The molecule has 0 saturated heterocycles. The molecule has 1 aromatic carbocycles. The lowest BCUT2D eigenvalue weighted by Gasteiger charge is -2.21. The fraction of sp³-hybridized carbons (Fsp3) is 0.529. The fourth-order valence-corrected chi connectivity index (χ4v) is 2.10. The molecule has 0 aliphatic carbocycles. The summed E-state index contributed by atoms with van der Waals surface area (Å²) in [5, 5.41) is 5.94. The van der Waals surface area contributed by atoms with Gasteiger partial charge in [0.15, 0.2) is 0 Å². The fourth-order valence-electron chi connectivity index (χ4n) is 2.10. The van der Waals surface area contributed by atoms with E-state index in [2.05, 4.69) is 10.6 Å². The van der Waals surface area contributed by atoms with Crippen molar-refractivity contribution in [2.24, 2.45) is 0 Å². The Labute approximate surface area is 133 Å². The summed E-state index contributed by atoms with van der Waals surface area (Å²) in [5.74, 6) is -0.0687. The van der Waals surface area contributed by atoms with Crippen molar-refractivity contribution >= 4 is 17.5 Å². The summed E-state index contributed by atoms with van der Waals surface area (Å²) in [4.78, 5) is 25.9. The third kappa shape index (κ3) is 5.76. The van der Waals surface area contributed by atoms with E-state index in [0.29, 0.717) is 18.7 Å². The van der Waals surface area contributed by atoms with Gasteiger partial charge >= 0.3 is 0 Å². The van der Waals surface area contributed by atoms with E-state index in [1.807, 2.05) is 46.8 Å². The maximum absolute atomic E-state index is 12.3. The normalized spacial score (nSPS) is 11.0. The van der Waals surface area contributed by atoms with Gasteiger partial charge in [-0.1, -0.05) is 6.07 Å². The minimum atomic E-state index is -0.251. The van der Waals surface area contributed by atoms with Crippen molar-refractivity contribution in [1.29, 1.82) is 0 Å². The molecule has 0 aromatic heterocycles. The molecule has 0 heterocycles. The highest BCUT2D eigenvalue weighted by molar-refractivity contribution is 5.95. The number of benzene rings is 1. The first-order valence-corrected chi connectivity index (χ1v) is 7.71. The molecule has 0 atom stereocenters. The molecular formula is C17H27N3O2. The van der Waals surface area contributed by atoms with E-state index in [4.69, 9.17) is 0 Å². The molecule has 22 heavy (non-hydrogen) atoms. The predicted molar refractivity (Wildman–Crippen MR) is 90.1 cm³/mol. The van der Waals surface area contributed by atoms with Crippen LogP contribution >= 0.6 is 0 Å². The molecule has 1 rings (SSSR count). The van der Waals surface area contributed by atoms with Crippen LogP contribution in [-0.2, 0) is 4.79 Å². The van der Waals surface area contributed by atoms with E-state index in [0.717, 1.165) is 5.69 Å². The number of rotatable bonds is 6. The van der Waals surface area contributed by atoms with Crippen molar-refractivity contribution in [3.63, 3.8) is 0 Å². The molecule has 2 amide bonds. The van der Waals surface area contributed by atoms with Gasteiger partial charge in [0.05, 0.1) is 6.54 Å². The van der Waals surface area contributed by atoms with Crippen LogP contribution in [0.5, 0.6) is 0 Å². The van der Waals surface area contributed by atoms with E-state index in [1.165, 1.54) is 0 Å². The van der Waals surface area contributed by atoms with E-state index in [-0.39, 0.29) is 23.9 Å². The average Bonchev–Trinajstić information content (AvgIpc) is 2.45. The largest absolute Gasteiger partial charge is 0.376 e. The van der Waals surface area contributed by atoms with Crippen molar-refractivity contribution in [1.82, 2.24) is 10.2 Å². The van der Waals surface area contributed by atoms with Crippen molar-refractivity contribution in [3.05, 3.63) is 29.8 Å². The highest BCUT2D eigenvalue weighted by atomic mass is 16.2. The van der Waals surface area contributed by atoms with Crippen LogP contribution < -0.4 is 10.6 Å². The minimum absolute atomic E-state index is 0.00722. The molecule has 0 unspecified atom stereocenters. The minimum Gasteiger partial charge on any atom is -0.376 e. The van der Waals surface area contributed by atoms with Crippen LogP contribution in [0.1, 0.15) is 45.0 Å². The van der Waals surface area contributed by atoms with Crippen LogP contribution in [0.15, 0.2) is 24.3 Å². The molecule has 1 aromatic rings. The lowest BCUT2D eigenvalue weighted by molar-refractivity contribution is -0.120. The Morgan fingerprint density at radius 3 is 2.32 bits per heavy atom. The lowest BCUT2D eigenvalue weighted by atomic mass is 10.1. The van der Waals surface area contributed by atoms with Gasteiger partial charge in [-0.25, -0.2) is 0 Å². The molecule has 0 aliphatic heterocycles. The molecular weight excluding hydrogens is 278 g/mol. The molecule has 0 bridgehead atoms. The van der Waals surface area contributed by atoms with Gasteiger partial charge in [0.2, 0.25) is 5.91 Å². The highest BCUT2D eigenvalue weighted by Gasteiger charge is 2.14. The van der Waals surface area contributed by atoms with Gasteiger partial charge < -0.3 is 15.5 Å². The van der Waals surface area contributed by atoms with Crippen molar-refractivity contribution in [3.8, 4) is 0 Å². The second kappa shape index (κ2) is 7.82. The molecule has 0 fully saturated rings. The predicted octanol–water partition coefficient (Wildman–Crippen LogP) is 2.50. The molecule has 0 saturated carbocycles. The van der Waals surface area contributed by atoms with Gasteiger partial charge in [0.1, 0.15) is 0 Å². The second-order valence-corrected chi connectivity index (χ2v) is 6.21. The van der Waals surface area contributed by atoms with E-state index in [9.17, 15) is 9.59 Å². The molecule has 5 nitrogen and oxygen atoms in total. The van der Waals surface area contributed by atoms with E-state index < -0.39 is 0 Å². The first-order valence-electron chi connectivity index (χ1n) is 7.71. The monoisotopic (exact) mass is 305 g/mol. The van der Waals surface area contributed by atoms with Crippen LogP contribution in [0.25, 0.3) is 0 Å². The summed E-state index contributed by atoms with van der Waals surface area (Å²) < 4.78 is 0. The Morgan fingerprint density at radius 1 is 1.14 bits per heavy atom. The number of hydrogen-bond acceptors (Lipinski definition) is 3. The summed E-state index contributed by atoms with van der Waals surface area (Å²) in [7, 11) is 0. The zero-order valence-electron chi connectivity index (χ0n) is 14.2. The topological polar surface area (TPSA) is 61.4 Å². The first kappa shape index (κ1) is 18.0. The Bertz CT molecular complexity index is 517. The van der Waals surface area contributed by atoms with Crippen LogP contribution in [-0.4, -0.2) is 41.9 Å². The maximum Gasteiger partial charge on any atom is 0.253 e. The number of anilines is 1. The standard InChI is InChI=1S/C17H27N3O2/c1-6-20(7-2)16(22)13-9-8-10-14(11-13)18-12-15(21)19-17(3,4)5/h8-11,18H,6-7,12H2,1-5H3,(H,19,21). The molecule has 0 radical (unpaired) electrons. The molecule has 0 aliphatic rings. The number of carbonyl (C=O) groups excluding carboxylic acids is 2. The van der Waals surface area contributed by atoms with Crippen molar-refractivity contribution in [2.45, 2.75) is 40.2 Å². The average molecular weight is 305 g/mol. The SMILES string of the molecule is CCN(CC)C(=O)c1cccc(NCC(=O)NC(C)(C)C)c1. The number of nitrogens with one attached hydrogen (secondary N) is 2. The van der Waals surface area contributed by atoms with Gasteiger partial charge in [-0.15, -0.1) is 0 Å². The Hall–Kier alpha value is -2.04. The van der Waals surface area contributed by atoms with Crippen LogP contribution in [0.4, 0.5) is 5.69 Å². The highest BCUT2D eigenvalue weighted by Crippen LogP contribution is 2.12. The number of amides is 2. The second-order valence-electron chi connectivity index (χ2n) is 6.21. The van der Waals surface area contributed by atoms with Gasteiger partial charge in [0.25, 0.3) is 5.91 Å². The number of hydrogen-bond donors (Lipinski definition) is 2. The third-order valence-electron chi connectivity index (χ3n) is 3.13. The van der Waals surface area contributed by atoms with E-state index >= 15 is 0 Å². The summed E-state index contributed by atoms with van der Waals surface area (Å²) in [5.41, 5.74) is 1.14. The zero-order valence-corrected chi connectivity index (χ0v) is 14.2. The van der Waals surface area contributed by atoms with E-state index in [1.54, 1.807) is 17.0 Å². The summed E-state index contributed by atoms with van der Waals surface area (Å²) in [6.45, 7) is 11.3. The summed E-state index contributed by atoms with van der Waals surface area (Å²) in [6, 6.07) is 7.25. The zero-order chi connectivity index (χ0) is 16.8. The molecule has 2 N–H and O–H groups in total. The Morgan fingerprint density at radius 2 is 1.77 bits per heavy atom. The van der Waals surface area contributed by atoms with Crippen molar-refractivity contribution < 1.29 is 9.59 Å². The molecule has 5 heteroatoms. The van der Waals surface area contributed by atoms with Crippen LogP contribution in [0, 0.1) is 0 Å². The number of carbonyl (C=O) groups is 2. The van der Waals surface area contributed by atoms with Gasteiger partial charge in [-0.3, -0.25) is 9.59 Å². The van der Waals surface area contributed by atoms with Gasteiger partial charge in [0, 0.05) is 29.9 Å². The Kier molecular flexibility index (Phi) is 6.40. The third-order valence-corrected chi connectivity index (χ3v) is 3.13. The van der Waals surface area contributed by atoms with Crippen LogP contribution in [0.3, 0.4) is 0 Å². The quantitative estimate of drug-likeness (QED) is 0.849. The molecule has 122 valence electrons. The van der Waals surface area contributed by atoms with Crippen LogP contribution in [0.2, 0.25) is 0 Å². The molecule has 0 spiro atoms. The van der Waals surface area contributed by atoms with Crippen molar-refractivity contribution in [2.75, 3.05) is 25.0 Å². The number of nitrogens with zero attached hydrogens (tertiary/aromatic N) is 1. The Balaban J connectivity index is 2.69. The summed E-state index contributed by atoms with van der Waals surface area (Å²) >= 11 is 0. The first-order chi connectivity index (χ1) is 10.3.